The largest absolute Gasteiger partial charge is 0.495 e. The maximum Gasteiger partial charge on any atom is 0.136 e. The standard InChI is InChI=1S/C15H20N2O2/c1-11-9-17(6-5-14(11)18)10-12-3-4-13(8-16)15(7-12)19-2/h3-4,7,11,14,18H,5-6,9-10H2,1-2H3. The van der Waals surface area contributed by atoms with Gasteiger partial charge in [-0.1, -0.05) is 13.0 Å². The number of aliphatic hydroxyl groups excluding tert-OH is 1. The Labute approximate surface area is 114 Å². The van der Waals surface area contributed by atoms with Gasteiger partial charge in [-0.05, 0) is 30.0 Å². The quantitative estimate of drug-likeness (QED) is 0.900. The van der Waals surface area contributed by atoms with Crippen molar-refractivity contribution in [1.82, 2.24) is 4.90 Å². The predicted molar refractivity (Wildman–Crippen MR) is 72.8 cm³/mol. The summed E-state index contributed by atoms with van der Waals surface area (Å²) in [6.07, 6.45) is 0.654. The van der Waals surface area contributed by atoms with Crippen molar-refractivity contribution in [2.24, 2.45) is 5.92 Å². The zero-order valence-electron chi connectivity index (χ0n) is 11.5. The van der Waals surface area contributed by atoms with E-state index in [2.05, 4.69) is 17.9 Å². The van der Waals surface area contributed by atoms with Crippen molar-refractivity contribution in [2.45, 2.75) is 26.0 Å². The fraction of sp³-hybridized carbons (Fsp3) is 0.533. The van der Waals surface area contributed by atoms with Crippen molar-refractivity contribution in [3.63, 3.8) is 0 Å². The molecule has 4 nitrogen and oxygen atoms in total. The number of benzene rings is 1. The van der Waals surface area contributed by atoms with Gasteiger partial charge in [0, 0.05) is 19.6 Å². The van der Waals surface area contributed by atoms with E-state index in [9.17, 15) is 5.11 Å². The van der Waals surface area contributed by atoms with E-state index in [1.807, 2.05) is 12.1 Å². The molecule has 0 aliphatic carbocycles. The normalized spacial score (nSPS) is 23.9. The van der Waals surface area contributed by atoms with Gasteiger partial charge >= 0.3 is 0 Å². The number of hydrogen-bond donors (Lipinski definition) is 1. The highest BCUT2D eigenvalue weighted by molar-refractivity contribution is 5.45. The van der Waals surface area contributed by atoms with Crippen molar-refractivity contribution in [1.29, 1.82) is 5.26 Å². The molecular weight excluding hydrogens is 240 g/mol. The number of nitriles is 1. The Kier molecular flexibility index (Phi) is 4.41. The fourth-order valence-electron chi connectivity index (χ4n) is 2.55. The summed E-state index contributed by atoms with van der Waals surface area (Å²) in [7, 11) is 1.58. The Morgan fingerprint density at radius 1 is 1.53 bits per heavy atom. The van der Waals surface area contributed by atoms with Gasteiger partial charge in [0.1, 0.15) is 11.8 Å². The summed E-state index contributed by atoms with van der Waals surface area (Å²) in [5.74, 6) is 0.944. The number of ether oxygens (including phenoxy) is 1. The Morgan fingerprint density at radius 3 is 2.95 bits per heavy atom. The van der Waals surface area contributed by atoms with Crippen molar-refractivity contribution in [2.75, 3.05) is 20.2 Å². The lowest BCUT2D eigenvalue weighted by Gasteiger charge is -2.34. The second-order valence-electron chi connectivity index (χ2n) is 5.21. The van der Waals surface area contributed by atoms with Gasteiger partial charge in [0.05, 0.1) is 18.8 Å². The molecule has 1 aliphatic heterocycles. The van der Waals surface area contributed by atoms with Crippen molar-refractivity contribution >= 4 is 0 Å². The van der Waals surface area contributed by atoms with E-state index < -0.39 is 0 Å². The summed E-state index contributed by atoms with van der Waals surface area (Å²) in [6.45, 7) is 4.73. The van der Waals surface area contributed by atoms with Gasteiger partial charge in [0.25, 0.3) is 0 Å². The number of piperidine rings is 1. The van der Waals surface area contributed by atoms with Gasteiger partial charge in [0.2, 0.25) is 0 Å². The Hall–Kier alpha value is -1.57. The van der Waals surface area contributed by atoms with Crippen LogP contribution in [0.3, 0.4) is 0 Å². The van der Waals surface area contributed by atoms with Crippen LogP contribution < -0.4 is 4.74 Å². The molecule has 2 atom stereocenters. The van der Waals surface area contributed by atoms with Crippen LogP contribution in [0.15, 0.2) is 18.2 Å². The first-order valence-corrected chi connectivity index (χ1v) is 6.61. The summed E-state index contributed by atoms with van der Waals surface area (Å²) >= 11 is 0. The van der Waals surface area contributed by atoms with Crippen molar-refractivity contribution in [3.8, 4) is 11.8 Å². The Bertz CT molecular complexity index is 482. The van der Waals surface area contributed by atoms with Crippen LogP contribution in [0, 0.1) is 17.2 Å². The fourth-order valence-corrected chi connectivity index (χ4v) is 2.55. The molecule has 0 radical (unpaired) electrons. The first-order chi connectivity index (χ1) is 9.13. The Balaban J connectivity index is 2.06. The summed E-state index contributed by atoms with van der Waals surface area (Å²) in [4.78, 5) is 2.33. The van der Waals surface area contributed by atoms with E-state index in [0.29, 0.717) is 17.2 Å². The molecule has 0 amide bonds. The topological polar surface area (TPSA) is 56.5 Å². The van der Waals surface area contributed by atoms with Crippen LogP contribution in [0.4, 0.5) is 0 Å². The second-order valence-corrected chi connectivity index (χ2v) is 5.21. The van der Waals surface area contributed by atoms with Crippen LogP contribution in [0.25, 0.3) is 0 Å². The summed E-state index contributed by atoms with van der Waals surface area (Å²) in [5, 5.41) is 18.7. The van der Waals surface area contributed by atoms with Gasteiger partial charge in [-0.2, -0.15) is 5.26 Å². The van der Waals surface area contributed by atoms with Crippen LogP contribution in [-0.4, -0.2) is 36.3 Å². The molecule has 0 aromatic heterocycles. The molecule has 1 heterocycles. The third-order valence-corrected chi connectivity index (χ3v) is 3.74. The summed E-state index contributed by atoms with van der Waals surface area (Å²) < 4.78 is 5.22. The third kappa shape index (κ3) is 3.25. The van der Waals surface area contributed by atoms with Crippen LogP contribution in [0.2, 0.25) is 0 Å². The monoisotopic (exact) mass is 260 g/mol. The van der Waals surface area contributed by atoms with Gasteiger partial charge in [0.15, 0.2) is 0 Å². The minimum absolute atomic E-state index is 0.174. The number of methoxy groups -OCH3 is 1. The first-order valence-electron chi connectivity index (χ1n) is 6.61. The maximum absolute atomic E-state index is 9.73. The molecule has 19 heavy (non-hydrogen) atoms. The van der Waals surface area contributed by atoms with Gasteiger partial charge in [-0.25, -0.2) is 0 Å². The lowest BCUT2D eigenvalue weighted by Crippen LogP contribution is -2.41. The first kappa shape index (κ1) is 13.9. The number of aliphatic hydroxyl groups is 1. The minimum atomic E-state index is -0.174. The average Bonchev–Trinajstić information content (AvgIpc) is 2.43. The maximum atomic E-state index is 9.73. The number of nitrogens with zero attached hydrogens (tertiary/aromatic N) is 2. The molecule has 2 rings (SSSR count). The highest BCUT2D eigenvalue weighted by atomic mass is 16.5. The van der Waals surface area contributed by atoms with Crippen LogP contribution in [0.1, 0.15) is 24.5 Å². The van der Waals surface area contributed by atoms with Crippen molar-refractivity contribution < 1.29 is 9.84 Å². The molecule has 1 aliphatic rings. The number of rotatable bonds is 3. The second kappa shape index (κ2) is 6.05. The number of hydrogen-bond acceptors (Lipinski definition) is 4. The molecule has 1 aromatic carbocycles. The lowest BCUT2D eigenvalue weighted by molar-refractivity contribution is 0.0320. The van der Waals surface area contributed by atoms with E-state index in [0.717, 1.165) is 31.6 Å². The molecule has 1 fully saturated rings. The molecule has 1 N–H and O–H groups in total. The molecule has 0 bridgehead atoms. The molecule has 102 valence electrons. The average molecular weight is 260 g/mol. The van der Waals surface area contributed by atoms with Crippen molar-refractivity contribution in [3.05, 3.63) is 29.3 Å². The zero-order valence-corrected chi connectivity index (χ0v) is 11.5. The molecule has 0 saturated carbocycles. The predicted octanol–water partition coefficient (Wildman–Crippen LogP) is 1.77. The molecule has 1 saturated heterocycles. The third-order valence-electron chi connectivity index (χ3n) is 3.74. The molecule has 2 unspecified atom stereocenters. The molecular formula is C15H20N2O2. The van der Waals surface area contributed by atoms with E-state index >= 15 is 0 Å². The molecule has 0 spiro atoms. The SMILES string of the molecule is COc1cc(CN2CCC(O)C(C)C2)ccc1C#N. The van der Waals surface area contributed by atoms with E-state index in [1.54, 1.807) is 13.2 Å². The minimum Gasteiger partial charge on any atom is -0.495 e. The lowest BCUT2D eigenvalue weighted by atomic mass is 9.96. The highest BCUT2D eigenvalue weighted by Crippen LogP contribution is 2.22. The molecule has 1 aromatic rings. The summed E-state index contributed by atoms with van der Waals surface area (Å²) in [5.41, 5.74) is 1.70. The molecule has 4 heteroatoms. The van der Waals surface area contributed by atoms with E-state index in [4.69, 9.17) is 10.00 Å². The number of likely N-dealkylation sites (tertiary alicyclic amines) is 1. The van der Waals surface area contributed by atoms with Crippen LogP contribution in [0.5, 0.6) is 5.75 Å². The smallest absolute Gasteiger partial charge is 0.136 e. The van der Waals surface area contributed by atoms with Gasteiger partial charge in [-0.3, -0.25) is 4.90 Å². The van der Waals surface area contributed by atoms with Gasteiger partial charge < -0.3 is 9.84 Å². The zero-order chi connectivity index (χ0) is 13.8. The van der Waals surface area contributed by atoms with Gasteiger partial charge in [-0.15, -0.1) is 0 Å². The highest BCUT2D eigenvalue weighted by Gasteiger charge is 2.24. The van der Waals surface area contributed by atoms with E-state index in [1.165, 1.54) is 0 Å². The van der Waals surface area contributed by atoms with Crippen LogP contribution >= 0.6 is 0 Å². The van der Waals surface area contributed by atoms with Crippen LogP contribution in [-0.2, 0) is 6.54 Å². The Morgan fingerprint density at radius 2 is 2.32 bits per heavy atom. The van der Waals surface area contributed by atoms with E-state index in [-0.39, 0.29) is 6.10 Å². The summed E-state index contributed by atoms with van der Waals surface area (Å²) in [6, 6.07) is 7.81.